The van der Waals surface area contributed by atoms with Crippen LogP contribution < -0.4 is 10.6 Å². The minimum atomic E-state index is 0. The van der Waals surface area contributed by atoms with Crippen molar-refractivity contribution in [3.8, 4) is 5.82 Å². The molecule has 0 radical (unpaired) electrons. The normalized spacial score (nSPS) is 12.5. The van der Waals surface area contributed by atoms with Crippen molar-refractivity contribution in [3.05, 3.63) is 41.3 Å². The molecular formula is C23H40IN7. The Kier molecular flexibility index (Phi) is 12.7. The third kappa shape index (κ3) is 9.14. The smallest absolute Gasteiger partial charge is 0.191 e. The Morgan fingerprint density at radius 1 is 1.19 bits per heavy atom. The molecule has 0 aliphatic rings. The number of rotatable bonds is 11. The first-order valence-electron chi connectivity index (χ1n) is 11.2. The summed E-state index contributed by atoms with van der Waals surface area (Å²) in [6, 6.07) is 6.50. The van der Waals surface area contributed by atoms with Crippen LogP contribution in [0.25, 0.3) is 5.82 Å². The molecule has 2 rings (SSSR count). The molecule has 0 saturated heterocycles. The van der Waals surface area contributed by atoms with Gasteiger partial charge in [-0.15, -0.1) is 24.0 Å². The second-order valence-electron chi connectivity index (χ2n) is 7.77. The first-order chi connectivity index (χ1) is 14.5. The van der Waals surface area contributed by atoms with Crippen molar-refractivity contribution >= 4 is 29.9 Å². The molecular weight excluding hydrogens is 501 g/mol. The summed E-state index contributed by atoms with van der Waals surface area (Å²) in [6.07, 6.45) is 4.19. The van der Waals surface area contributed by atoms with E-state index < -0.39 is 0 Å². The van der Waals surface area contributed by atoms with Gasteiger partial charge in [-0.2, -0.15) is 5.10 Å². The van der Waals surface area contributed by atoms with Crippen LogP contribution in [0.3, 0.4) is 0 Å². The zero-order chi connectivity index (χ0) is 21.9. The molecule has 0 fully saturated rings. The molecule has 2 aromatic heterocycles. The van der Waals surface area contributed by atoms with Crippen LogP contribution in [0.1, 0.15) is 57.5 Å². The average molecular weight is 542 g/mol. The van der Waals surface area contributed by atoms with Gasteiger partial charge in [-0.05, 0) is 77.9 Å². The Morgan fingerprint density at radius 2 is 1.94 bits per heavy atom. The highest BCUT2D eigenvalue weighted by molar-refractivity contribution is 14.0. The van der Waals surface area contributed by atoms with Gasteiger partial charge in [0.2, 0.25) is 0 Å². The van der Waals surface area contributed by atoms with Crippen molar-refractivity contribution in [1.29, 1.82) is 0 Å². The van der Waals surface area contributed by atoms with Crippen LogP contribution in [0.2, 0.25) is 0 Å². The lowest BCUT2D eigenvalue weighted by molar-refractivity contribution is 0.292. The molecule has 2 aromatic rings. The van der Waals surface area contributed by atoms with E-state index in [0.717, 1.165) is 61.3 Å². The van der Waals surface area contributed by atoms with Gasteiger partial charge in [-0.3, -0.25) is 0 Å². The van der Waals surface area contributed by atoms with Gasteiger partial charge in [-0.1, -0.05) is 19.9 Å². The largest absolute Gasteiger partial charge is 0.357 e. The second kappa shape index (κ2) is 14.4. The summed E-state index contributed by atoms with van der Waals surface area (Å²) in [6.45, 7) is 17.6. The van der Waals surface area contributed by atoms with E-state index in [1.165, 1.54) is 6.42 Å². The molecule has 0 aliphatic heterocycles. The van der Waals surface area contributed by atoms with Crippen molar-refractivity contribution in [2.45, 2.75) is 67.0 Å². The summed E-state index contributed by atoms with van der Waals surface area (Å²) < 4.78 is 1.87. The molecule has 7 nitrogen and oxygen atoms in total. The van der Waals surface area contributed by atoms with Crippen molar-refractivity contribution < 1.29 is 0 Å². The Hall–Kier alpha value is -1.68. The Labute approximate surface area is 205 Å². The average Bonchev–Trinajstić information content (AvgIpc) is 3.08. The minimum absolute atomic E-state index is 0. The van der Waals surface area contributed by atoms with E-state index in [0.29, 0.717) is 12.6 Å². The molecule has 1 unspecified atom stereocenters. The van der Waals surface area contributed by atoms with Gasteiger partial charge in [-0.25, -0.2) is 14.7 Å². The van der Waals surface area contributed by atoms with Gasteiger partial charge in [0, 0.05) is 24.5 Å². The maximum atomic E-state index is 4.74. The Bertz CT molecular complexity index is 782. The van der Waals surface area contributed by atoms with Crippen molar-refractivity contribution in [2.24, 2.45) is 4.99 Å². The predicted molar refractivity (Wildman–Crippen MR) is 141 cm³/mol. The molecule has 2 N–H and O–H groups in total. The number of halogens is 1. The van der Waals surface area contributed by atoms with Crippen LogP contribution in [0.15, 0.2) is 29.4 Å². The molecule has 8 heteroatoms. The van der Waals surface area contributed by atoms with Crippen LogP contribution in [-0.4, -0.2) is 57.8 Å². The fraction of sp³-hybridized carbons (Fsp3) is 0.609. The number of guanidine groups is 1. The number of aromatic nitrogens is 3. The lowest BCUT2D eigenvalue weighted by atomic mass is 10.2. The van der Waals surface area contributed by atoms with Gasteiger partial charge < -0.3 is 15.5 Å². The fourth-order valence-electron chi connectivity index (χ4n) is 3.45. The topological polar surface area (TPSA) is 70.4 Å². The summed E-state index contributed by atoms with van der Waals surface area (Å²) >= 11 is 0. The first kappa shape index (κ1) is 27.4. The number of aliphatic imine (C=N–C) groups is 1. The third-order valence-electron chi connectivity index (χ3n) is 5.19. The molecule has 0 spiro atoms. The lowest BCUT2D eigenvalue weighted by Crippen LogP contribution is -2.42. The number of nitrogens with one attached hydrogen (secondary N) is 2. The number of nitrogens with zero attached hydrogens (tertiary/aromatic N) is 5. The maximum Gasteiger partial charge on any atom is 0.191 e. The summed E-state index contributed by atoms with van der Waals surface area (Å²) in [4.78, 5) is 11.8. The van der Waals surface area contributed by atoms with Crippen molar-refractivity contribution in [1.82, 2.24) is 30.3 Å². The zero-order valence-electron chi connectivity index (χ0n) is 20.0. The van der Waals surface area contributed by atoms with Gasteiger partial charge in [0.05, 0.1) is 12.2 Å². The Balaban J connectivity index is 0.00000480. The maximum absolute atomic E-state index is 4.74. The van der Waals surface area contributed by atoms with Crippen molar-refractivity contribution in [3.63, 3.8) is 0 Å². The number of hydrogen-bond acceptors (Lipinski definition) is 4. The number of hydrogen-bond donors (Lipinski definition) is 2. The summed E-state index contributed by atoms with van der Waals surface area (Å²) in [5, 5.41) is 11.4. The molecule has 1 atom stereocenters. The minimum Gasteiger partial charge on any atom is -0.357 e. The molecule has 174 valence electrons. The highest BCUT2D eigenvalue weighted by Gasteiger charge is 2.08. The second-order valence-corrected chi connectivity index (χ2v) is 7.77. The molecule has 0 aromatic carbocycles. The van der Waals surface area contributed by atoms with E-state index in [2.05, 4.69) is 65.4 Å². The van der Waals surface area contributed by atoms with Crippen LogP contribution in [0, 0.1) is 13.8 Å². The van der Waals surface area contributed by atoms with Gasteiger partial charge in [0.25, 0.3) is 0 Å². The van der Waals surface area contributed by atoms with Gasteiger partial charge >= 0.3 is 0 Å². The molecule has 31 heavy (non-hydrogen) atoms. The number of aryl methyl sites for hydroxylation is 2. The Morgan fingerprint density at radius 3 is 2.48 bits per heavy atom. The lowest BCUT2D eigenvalue weighted by Gasteiger charge is -2.21. The molecule has 0 amide bonds. The van der Waals surface area contributed by atoms with Crippen LogP contribution in [-0.2, 0) is 6.54 Å². The molecule has 0 saturated carbocycles. The van der Waals surface area contributed by atoms with Crippen molar-refractivity contribution in [2.75, 3.05) is 26.2 Å². The fourth-order valence-corrected chi connectivity index (χ4v) is 3.45. The molecule has 0 aliphatic carbocycles. The van der Waals surface area contributed by atoms with Crippen LogP contribution >= 0.6 is 24.0 Å². The van der Waals surface area contributed by atoms with E-state index in [1.54, 1.807) is 0 Å². The van der Waals surface area contributed by atoms with Crippen LogP contribution in [0.4, 0.5) is 0 Å². The summed E-state index contributed by atoms with van der Waals surface area (Å²) in [7, 11) is 0. The standard InChI is InChI=1S/C23H39N7.HI/c1-7-24-23(27-18(4)11-10-14-29(8-2)9-3)26-17-21-12-13-22(25-16-21)30-20(6)15-19(5)28-30;/h12-13,15-16,18H,7-11,14,17H2,1-6H3,(H2,24,26,27);1H. The number of pyridine rings is 1. The van der Waals surface area contributed by atoms with Gasteiger partial charge in [0.15, 0.2) is 11.8 Å². The third-order valence-corrected chi connectivity index (χ3v) is 5.19. The zero-order valence-corrected chi connectivity index (χ0v) is 22.3. The van der Waals surface area contributed by atoms with E-state index in [-0.39, 0.29) is 24.0 Å². The predicted octanol–water partition coefficient (Wildman–Crippen LogP) is 4.07. The van der Waals surface area contributed by atoms with E-state index in [1.807, 2.05) is 30.8 Å². The molecule has 2 heterocycles. The summed E-state index contributed by atoms with van der Waals surface area (Å²) in [5.74, 6) is 1.69. The molecule has 0 bridgehead atoms. The summed E-state index contributed by atoms with van der Waals surface area (Å²) in [5.41, 5.74) is 3.15. The first-order valence-corrected chi connectivity index (χ1v) is 11.2. The van der Waals surface area contributed by atoms with E-state index in [4.69, 9.17) is 4.99 Å². The monoisotopic (exact) mass is 541 g/mol. The highest BCUT2D eigenvalue weighted by atomic mass is 127. The van der Waals surface area contributed by atoms with E-state index in [9.17, 15) is 0 Å². The highest BCUT2D eigenvalue weighted by Crippen LogP contribution is 2.11. The van der Waals surface area contributed by atoms with E-state index >= 15 is 0 Å². The van der Waals surface area contributed by atoms with Gasteiger partial charge in [0.1, 0.15) is 0 Å². The SMILES string of the molecule is CCNC(=NCc1ccc(-n2nc(C)cc2C)nc1)NC(C)CCCN(CC)CC.I. The van der Waals surface area contributed by atoms with Crippen LogP contribution in [0.5, 0.6) is 0 Å². The quantitative estimate of drug-likeness (QED) is 0.255.